The Morgan fingerprint density at radius 1 is 1.15 bits per heavy atom. The lowest BCUT2D eigenvalue weighted by Crippen LogP contribution is -2.56. The quantitative estimate of drug-likeness (QED) is 0.0943. The lowest BCUT2D eigenvalue weighted by molar-refractivity contribution is -0.153. The molecule has 0 radical (unpaired) electrons. The first-order valence-corrected chi connectivity index (χ1v) is 12.5. The van der Waals surface area contributed by atoms with Gasteiger partial charge in [0.05, 0.1) is 12.2 Å². The van der Waals surface area contributed by atoms with Crippen LogP contribution in [-0.4, -0.2) is 87.1 Å². The van der Waals surface area contributed by atoms with Crippen LogP contribution >= 0.6 is 0 Å². The third-order valence-electron chi connectivity index (χ3n) is 6.19. The van der Waals surface area contributed by atoms with Crippen LogP contribution in [0.5, 0.6) is 0 Å². The number of nitrogens with one attached hydrogen (secondary N) is 3. The maximum Gasteiger partial charge on any atom is 0.330 e. The van der Waals surface area contributed by atoms with Gasteiger partial charge in [0.25, 0.3) is 5.56 Å². The number of halogens is 1. The molecular formula is C23H37FN6O9. The van der Waals surface area contributed by atoms with Gasteiger partial charge in [-0.05, 0) is 32.2 Å². The standard InChI is InChI=1S/C23H37FN6O9/c1-10(2)15(28-19(34)13(26)6-4-5-7-25)20(35)27-11(3)22(36)38-9-14-16(31)17(32)21(39-14)30-8-12(24)18(33)29-23(30)37/h8,10-11,13-17,21,31-32H,4-7,9,25-26H2,1-3H3,(H,27,35)(H,28,34)(H,29,33,37)/t11-,13-,14-,15-,16?,17?,21-/m0/s1. The smallest absolute Gasteiger partial charge is 0.330 e. The van der Waals surface area contributed by atoms with E-state index in [0.717, 1.165) is 0 Å². The zero-order valence-corrected chi connectivity index (χ0v) is 22.0. The van der Waals surface area contributed by atoms with Crippen LogP contribution in [0.2, 0.25) is 0 Å². The molecular weight excluding hydrogens is 523 g/mol. The van der Waals surface area contributed by atoms with E-state index >= 15 is 0 Å². The van der Waals surface area contributed by atoms with Crippen LogP contribution in [0.3, 0.4) is 0 Å². The van der Waals surface area contributed by atoms with Gasteiger partial charge in [0.2, 0.25) is 17.6 Å². The Morgan fingerprint density at radius 3 is 2.44 bits per heavy atom. The van der Waals surface area contributed by atoms with Crippen molar-refractivity contribution in [2.75, 3.05) is 13.2 Å². The normalized spacial score (nSPS) is 23.2. The third-order valence-corrected chi connectivity index (χ3v) is 6.19. The van der Waals surface area contributed by atoms with E-state index in [1.807, 2.05) is 0 Å². The monoisotopic (exact) mass is 560 g/mol. The van der Waals surface area contributed by atoms with E-state index in [1.54, 1.807) is 18.8 Å². The zero-order chi connectivity index (χ0) is 29.4. The van der Waals surface area contributed by atoms with Gasteiger partial charge in [-0.1, -0.05) is 20.3 Å². The Labute approximate surface area is 223 Å². The summed E-state index contributed by atoms with van der Waals surface area (Å²) in [6.07, 6.45) is -3.96. The second-order valence-corrected chi connectivity index (χ2v) is 9.67. The first kappa shape index (κ1) is 32.0. The summed E-state index contributed by atoms with van der Waals surface area (Å²) in [6.45, 7) is 4.63. The summed E-state index contributed by atoms with van der Waals surface area (Å²) in [4.78, 5) is 62.6. The Kier molecular flexibility index (Phi) is 11.7. The fraction of sp³-hybridized carbons (Fsp3) is 0.696. The second kappa shape index (κ2) is 14.3. The second-order valence-electron chi connectivity index (χ2n) is 9.67. The number of amides is 2. The molecule has 16 heteroatoms. The highest BCUT2D eigenvalue weighted by molar-refractivity contribution is 5.92. The van der Waals surface area contributed by atoms with Crippen LogP contribution in [0.25, 0.3) is 0 Å². The molecule has 0 bridgehead atoms. The molecule has 9 N–H and O–H groups in total. The van der Waals surface area contributed by atoms with Crippen molar-refractivity contribution < 1.29 is 38.5 Å². The summed E-state index contributed by atoms with van der Waals surface area (Å²) in [6, 6.07) is -2.99. The average molecular weight is 561 g/mol. The molecule has 2 unspecified atom stereocenters. The zero-order valence-electron chi connectivity index (χ0n) is 22.0. The van der Waals surface area contributed by atoms with Crippen LogP contribution < -0.4 is 33.3 Å². The minimum atomic E-state index is -1.72. The fourth-order valence-corrected chi connectivity index (χ4v) is 3.83. The molecule has 1 aromatic rings. The summed E-state index contributed by atoms with van der Waals surface area (Å²) in [5.41, 5.74) is 8.97. The summed E-state index contributed by atoms with van der Waals surface area (Å²) < 4.78 is 24.6. The van der Waals surface area contributed by atoms with Gasteiger partial charge in [-0.15, -0.1) is 0 Å². The fourth-order valence-electron chi connectivity index (χ4n) is 3.83. The summed E-state index contributed by atoms with van der Waals surface area (Å²) in [7, 11) is 0. The molecule has 1 aromatic heterocycles. The van der Waals surface area contributed by atoms with Crippen molar-refractivity contribution in [2.45, 2.75) is 82.7 Å². The number of unbranched alkanes of at least 4 members (excludes halogenated alkanes) is 1. The van der Waals surface area contributed by atoms with Gasteiger partial charge in [-0.25, -0.2) is 9.59 Å². The number of H-pyrrole nitrogens is 1. The lowest BCUT2D eigenvalue weighted by atomic mass is 10.0. The first-order chi connectivity index (χ1) is 18.3. The van der Waals surface area contributed by atoms with Gasteiger partial charge in [-0.3, -0.25) is 23.9 Å². The van der Waals surface area contributed by atoms with Crippen LogP contribution in [0.1, 0.15) is 46.3 Å². The van der Waals surface area contributed by atoms with Crippen LogP contribution in [0, 0.1) is 11.7 Å². The van der Waals surface area contributed by atoms with E-state index in [0.29, 0.717) is 36.6 Å². The predicted molar refractivity (Wildman–Crippen MR) is 133 cm³/mol. The molecule has 0 aliphatic carbocycles. The maximum atomic E-state index is 13.6. The molecule has 1 fully saturated rings. The topological polar surface area (TPSA) is 241 Å². The number of aliphatic hydroxyl groups excluding tert-OH is 2. The third kappa shape index (κ3) is 8.40. The molecule has 39 heavy (non-hydrogen) atoms. The predicted octanol–water partition coefficient (Wildman–Crippen LogP) is -3.06. The number of hydrogen-bond donors (Lipinski definition) is 7. The first-order valence-electron chi connectivity index (χ1n) is 12.5. The highest BCUT2D eigenvalue weighted by atomic mass is 19.1. The molecule has 15 nitrogen and oxygen atoms in total. The van der Waals surface area contributed by atoms with Gasteiger partial charge in [0.1, 0.15) is 37.0 Å². The van der Waals surface area contributed by atoms with Crippen molar-refractivity contribution >= 4 is 17.8 Å². The number of rotatable bonds is 13. The Morgan fingerprint density at radius 2 is 1.82 bits per heavy atom. The van der Waals surface area contributed by atoms with Gasteiger partial charge in [0.15, 0.2) is 6.23 Å². The molecule has 0 aromatic carbocycles. The molecule has 1 aliphatic rings. The van der Waals surface area contributed by atoms with Crippen molar-refractivity contribution in [1.29, 1.82) is 0 Å². The SMILES string of the molecule is CC(C)[C@H](NC(=O)[C@@H](N)CCCCN)C(=O)N[C@@H](C)C(=O)OC[C@@H]1O[C@H](n2cc(F)c(=O)[nH]c2=O)C(O)C1O. The lowest BCUT2D eigenvalue weighted by Gasteiger charge is -2.25. The largest absolute Gasteiger partial charge is 0.461 e. The number of carbonyl (C=O) groups is 3. The molecule has 0 spiro atoms. The summed E-state index contributed by atoms with van der Waals surface area (Å²) in [5, 5.41) is 25.5. The number of nitrogens with zero attached hydrogens (tertiary/aromatic N) is 1. The summed E-state index contributed by atoms with van der Waals surface area (Å²) >= 11 is 0. The minimum absolute atomic E-state index is 0.338. The molecule has 1 saturated heterocycles. The number of aromatic nitrogens is 2. The van der Waals surface area contributed by atoms with Gasteiger partial charge in [-0.2, -0.15) is 4.39 Å². The van der Waals surface area contributed by atoms with Crippen LogP contribution in [-0.2, 0) is 23.9 Å². The molecule has 2 rings (SSSR count). The highest BCUT2D eigenvalue weighted by Crippen LogP contribution is 2.28. The Bertz CT molecular complexity index is 1130. The van der Waals surface area contributed by atoms with Crippen LogP contribution in [0.4, 0.5) is 4.39 Å². The molecule has 2 amide bonds. The maximum absolute atomic E-state index is 13.6. The average Bonchev–Trinajstić information content (AvgIpc) is 3.15. The number of aliphatic hydroxyl groups is 2. The van der Waals surface area contributed by atoms with E-state index in [4.69, 9.17) is 20.9 Å². The van der Waals surface area contributed by atoms with Crippen molar-refractivity contribution in [3.63, 3.8) is 0 Å². The Hall–Kier alpha value is -3.18. The van der Waals surface area contributed by atoms with Crippen molar-refractivity contribution in [1.82, 2.24) is 20.2 Å². The van der Waals surface area contributed by atoms with Gasteiger partial charge < -0.3 is 41.8 Å². The highest BCUT2D eigenvalue weighted by Gasteiger charge is 2.45. The van der Waals surface area contributed by atoms with Crippen molar-refractivity contribution in [2.24, 2.45) is 17.4 Å². The van der Waals surface area contributed by atoms with Crippen molar-refractivity contribution in [3.8, 4) is 0 Å². The van der Waals surface area contributed by atoms with E-state index < -0.39 is 84.1 Å². The van der Waals surface area contributed by atoms with Gasteiger partial charge in [0, 0.05) is 0 Å². The van der Waals surface area contributed by atoms with Crippen molar-refractivity contribution in [3.05, 3.63) is 32.9 Å². The Balaban J connectivity index is 1.94. The molecule has 1 aliphatic heterocycles. The van der Waals surface area contributed by atoms with E-state index in [-0.39, 0.29) is 5.92 Å². The molecule has 2 heterocycles. The molecule has 0 saturated carbocycles. The van der Waals surface area contributed by atoms with E-state index in [1.165, 1.54) is 6.92 Å². The molecule has 7 atom stereocenters. The van der Waals surface area contributed by atoms with Gasteiger partial charge >= 0.3 is 11.7 Å². The number of aromatic amines is 1. The number of ether oxygens (including phenoxy) is 2. The summed E-state index contributed by atoms with van der Waals surface area (Å²) in [5.74, 6) is -3.74. The number of hydrogen-bond acceptors (Lipinski definition) is 11. The van der Waals surface area contributed by atoms with E-state index in [9.17, 15) is 38.6 Å². The number of esters is 1. The molecule has 220 valence electrons. The number of nitrogens with two attached hydrogens (primary N) is 2. The van der Waals surface area contributed by atoms with Crippen LogP contribution in [0.15, 0.2) is 15.8 Å². The minimum Gasteiger partial charge on any atom is -0.461 e. The van der Waals surface area contributed by atoms with E-state index in [2.05, 4.69) is 10.6 Å². The number of carbonyl (C=O) groups excluding carboxylic acids is 3.